The van der Waals surface area contributed by atoms with Crippen LogP contribution in [-0.4, -0.2) is 40.3 Å². The SMILES string of the molecule is Cc1nc([C@@H]2COC[C@@H]2NC(=O)Cc2ccc(C)c(C)c2)n[nH]1. The fraction of sp³-hybridized carbons (Fsp3) is 0.471. The largest absolute Gasteiger partial charge is 0.378 e. The molecule has 1 aromatic heterocycles. The zero-order chi connectivity index (χ0) is 16.4. The molecular formula is C17H22N4O2. The molecule has 0 spiro atoms. The van der Waals surface area contributed by atoms with E-state index in [4.69, 9.17) is 4.74 Å². The van der Waals surface area contributed by atoms with Gasteiger partial charge in [-0.3, -0.25) is 9.89 Å². The Morgan fingerprint density at radius 3 is 2.83 bits per heavy atom. The molecule has 2 aromatic rings. The van der Waals surface area contributed by atoms with E-state index >= 15 is 0 Å². The van der Waals surface area contributed by atoms with Crippen LogP contribution in [0, 0.1) is 20.8 Å². The number of aromatic amines is 1. The number of nitrogens with zero attached hydrogens (tertiary/aromatic N) is 2. The lowest BCUT2D eigenvalue weighted by molar-refractivity contribution is -0.121. The van der Waals surface area contributed by atoms with Gasteiger partial charge in [-0.25, -0.2) is 4.98 Å². The van der Waals surface area contributed by atoms with Crippen LogP contribution < -0.4 is 5.32 Å². The van der Waals surface area contributed by atoms with Gasteiger partial charge in [0.15, 0.2) is 5.82 Å². The van der Waals surface area contributed by atoms with Crippen LogP contribution in [0.2, 0.25) is 0 Å². The van der Waals surface area contributed by atoms with Gasteiger partial charge >= 0.3 is 0 Å². The van der Waals surface area contributed by atoms with Gasteiger partial charge in [-0.05, 0) is 37.5 Å². The molecule has 1 fully saturated rings. The Morgan fingerprint density at radius 2 is 2.13 bits per heavy atom. The normalized spacial score (nSPS) is 20.7. The van der Waals surface area contributed by atoms with Crippen molar-refractivity contribution in [3.05, 3.63) is 46.5 Å². The first-order valence-electron chi connectivity index (χ1n) is 7.85. The summed E-state index contributed by atoms with van der Waals surface area (Å²) in [6, 6.07) is 6.04. The minimum Gasteiger partial charge on any atom is -0.378 e. The van der Waals surface area contributed by atoms with Gasteiger partial charge in [-0.15, -0.1) is 0 Å². The lowest BCUT2D eigenvalue weighted by atomic mass is 10.0. The molecule has 1 aliphatic heterocycles. The number of aromatic nitrogens is 3. The highest BCUT2D eigenvalue weighted by atomic mass is 16.5. The van der Waals surface area contributed by atoms with E-state index in [9.17, 15) is 4.79 Å². The Morgan fingerprint density at radius 1 is 1.30 bits per heavy atom. The van der Waals surface area contributed by atoms with E-state index in [0.29, 0.717) is 25.5 Å². The maximum atomic E-state index is 12.3. The van der Waals surface area contributed by atoms with E-state index in [-0.39, 0.29) is 17.9 Å². The summed E-state index contributed by atoms with van der Waals surface area (Å²) >= 11 is 0. The minimum atomic E-state index is -0.0794. The lowest BCUT2D eigenvalue weighted by Crippen LogP contribution is -2.40. The smallest absolute Gasteiger partial charge is 0.224 e. The second-order valence-corrected chi connectivity index (χ2v) is 6.19. The molecule has 6 heteroatoms. The lowest BCUT2D eigenvalue weighted by Gasteiger charge is -2.17. The van der Waals surface area contributed by atoms with Crippen LogP contribution in [0.15, 0.2) is 18.2 Å². The Labute approximate surface area is 135 Å². The predicted octanol–water partition coefficient (Wildman–Crippen LogP) is 1.57. The van der Waals surface area contributed by atoms with Crippen molar-refractivity contribution in [3.63, 3.8) is 0 Å². The second-order valence-electron chi connectivity index (χ2n) is 6.19. The Kier molecular flexibility index (Phi) is 4.43. The summed E-state index contributed by atoms with van der Waals surface area (Å²) < 4.78 is 5.51. The van der Waals surface area contributed by atoms with Crippen LogP contribution in [0.25, 0.3) is 0 Å². The molecule has 122 valence electrons. The van der Waals surface area contributed by atoms with Crippen molar-refractivity contribution in [2.45, 2.75) is 39.2 Å². The van der Waals surface area contributed by atoms with Gasteiger partial charge in [-0.1, -0.05) is 18.2 Å². The molecule has 1 aliphatic rings. The number of nitrogens with one attached hydrogen (secondary N) is 2. The molecule has 3 rings (SSSR count). The molecule has 1 saturated heterocycles. The van der Waals surface area contributed by atoms with Crippen molar-refractivity contribution >= 4 is 5.91 Å². The number of carbonyl (C=O) groups excluding carboxylic acids is 1. The van der Waals surface area contributed by atoms with Crippen LogP contribution in [0.5, 0.6) is 0 Å². The zero-order valence-corrected chi connectivity index (χ0v) is 13.7. The van der Waals surface area contributed by atoms with Crippen molar-refractivity contribution in [2.24, 2.45) is 0 Å². The minimum absolute atomic E-state index is 0.000936. The summed E-state index contributed by atoms with van der Waals surface area (Å²) in [5.41, 5.74) is 3.46. The van der Waals surface area contributed by atoms with Gasteiger partial charge in [0, 0.05) is 0 Å². The fourth-order valence-electron chi connectivity index (χ4n) is 2.83. The summed E-state index contributed by atoms with van der Waals surface area (Å²) in [5.74, 6) is 1.48. The van der Waals surface area contributed by atoms with E-state index in [1.54, 1.807) is 0 Å². The fourth-order valence-corrected chi connectivity index (χ4v) is 2.83. The summed E-state index contributed by atoms with van der Waals surface area (Å²) in [6.45, 7) is 7.02. The van der Waals surface area contributed by atoms with E-state index in [0.717, 1.165) is 11.4 Å². The van der Waals surface area contributed by atoms with E-state index in [1.807, 2.05) is 13.0 Å². The molecule has 23 heavy (non-hydrogen) atoms. The molecular weight excluding hydrogens is 292 g/mol. The zero-order valence-electron chi connectivity index (χ0n) is 13.7. The van der Waals surface area contributed by atoms with Gasteiger partial charge in [0.1, 0.15) is 5.82 Å². The van der Waals surface area contributed by atoms with E-state index in [1.165, 1.54) is 11.1 Å². The molecule has 2 heterocycles. The third-order valence-corrected chi connectivity index (χ3v) is 4.31. The first-order chi connectivity index (χ1) is 11.0. The topological polar surface area (TPSA) is 79.9 Å². The maximum Gasteiger partial charge on any atom is 0.224 e. The van der Waals surface area contributed by atoms with Crippen molar-refractivity contribution in [2.75, 3.05) is 13.2 Å². The van der Waals surface area contributed by atoms with Crippen molar-refractivity contribution < 1.29 is 9.53 Å². The van der Waals surface area contributed by atoms with Crippen LogP contribution >= 0.6 is 0 Å². The first-order valence-corrected chi connectivity index (χ1v) is 7.85. The van der Waals surface area contributed by atoms with Crippen LogP contribution in [0.3, 0.4) is 0 Å². The molecule has 2 atom stereocenters. The van der Waals surface area contributed by atoms with Gasteiger partial charge in [0.25, 0.3) is 0 Å². The van der Waals surface area contributed by atoms with Crippen molar-refractivity contribution in [3.8, 4) is 0 Å². The van der Waals surface area contributed by atoms with E-state index < -0.39 is 0 Å². The van der Waals surface area contributed by atoms with Crippen LogP contribution in [0.4, 0.5) is 0 Å². The Balaban J connectivity index is 1.63. The monoisotopic (exact) mass is 314 g/mol. The quantitative estimate of drug-likeness (QED) is 0.898. The average molecular weight is 314 g/mol. The molecule has 0 saturated carbocycles. The number of H-pyrrole nitrogens is 1. The van der Waals surface area contributed by atoms with Crippen molar-refractivity contribution in [1.29, 1.82) is 0 Å². The summed E-state index contributed by atoms with van der Waals surface area (Å²) in [7, 11) is 0. The number of benzene rings is 1. The third-order valence-electron chi connectivity index (χ3n) is 4.31. The number of hydrogen-bond acceptors (Lipinski definition) is 4. The molecule has 1 amide bonds. The highest BCUT2D eigenvalue weighted by molar-refractivity contribution is 5.79. The highest BCUT2D eigenvalue weighted by Gasteiger charge is 2.33. The molecule has 0 aliphatic carbocycles. The number of hydrogen-bond donors (Lipinski definition) is 2. The average Bonchev–Trinajstić information content (AvgIpc) is 3.11. The number of amides is 1. The number of carbonyl (C=O) groups is 1. The van der Waals surface area contributed by atoms with Crippen molar-refractivity contribution in [1.82, 2.24) is 20.5 Å². The van der Waals surface area contributed by atoms with Crippen LogP contribution in [0.1, 0.15) is 34.3 Å². The van der Waals surface area contributed by atoms with Gasteiger partial charge in [0.05, 0.1) is 31.6 Å². The van der Waals surface area contributed by atoms with E-state index in [2.05, 4.69) is 46.5 Å². The molecule has 0 bridgehead atoms. The standard InChI is InChI=1S/C17H22N4O2/c1-10-4-5-13(6-11(10)2)7-16(22)19-15-9-23-8-14(15)17-18-12(3)20-21-17/h4-6,14-15H,7-9H2,1-3H3,(H,19,22)(H,18,20,21)/t14-,15+/m1/s1. The van der Waals surface area contributed by atoms with Crippen LogP contribution in [-0.2, 0) is 16.0 Å². The molecule has 0 unspecified atom stereocenters. The Hall–Kier alpha value is -2.21. The predicted molar refractivity (Wildman–Crippen MR) is 86.2 cm³/mol. The number of aryl methyl sites for hydroxylation is 3. The third kappa shape index (κ3) is 3.59. The maximum absolute atomic E-state index is 12.3. The van der Waals surface area contributed by atoms with Gasteiger partial charge in [-0.2, -0.15) is 5.10 Å². The molecule has 6 nitrogen and oxygen atoms in total. The molecule has 1 aromatic carbocycles. The Bertz CT molecular complexity index is 710. The van der Waals surface area contributed by atoms with Gasteiger partial charge in [0.2, 0.25) is 5.91 Å². The number of rotatable bonds is 4. The summed E-state index contributed by atoms with van der Waals surface area (Å²) in [6.07, 6.45) is 0.372. The first kappa shape index (κ1) is 15.7. The number of ether oxygens (including phenoxy) is 1. The summed E-state index contributed by atoms with van der Waals surface area (Å²) in [4.78, 5) is 16.7. The molecule has 0 radical (unpaired) electrons. The molecule has 2 N–H and O–H groups in total. The van der Waals surface area contributed by atoms with Gasteiger partial charge < -0.3 is 10.1 Å². The second kappa shape index (κ2) is 6.50. The highest BCUT2D eigenvalue weighted by Crippen LogP contribution is 2.23. The summed E-state index contributed by atoms with van der Waals surface area (Å²) in [5, 5.41) is 10.1.